The summed E-state index contributed by atoms with van der Waals surface area (Å²) in [5.74, 6) is 5.69. The van der Waals surface area contributed by atoms with Gasteiger partial charge in [-0.1, -0.05) is 0 Å². The number of phenols is 1. The van der Waals surface area contributed by atoms with Gasteiger partial charge in [0.2, 0.25) is 5.75 Å². The van der Waals surface area contributed by atoms with E-state index in [0.717, 1.165) is 5.56 Å². The molecule has 0 aliphatic heterocycles. The first-order valence-electron chi connectivity index (χ1n) is 4.48. The monoisotopic (exact) mass is 213 g/mol. The summed E-state index contributed by atoms with van der Waals surface area (Å²) in [5.41, 5.74) is 0.923. The van der Waals surface area contributed by atoms with Gasteiger partial charge in [-0.05, 0) is 24.1 Å². The minimum Gasteiger partial charge on any atom is -0.502 e. The third-order valence-corrected chi connectivity index (χ3v) is 2.05. The minimum atomic E-state index is -0.00239. The van der Waals surface area contributed by atoms with Gasteiger partial charge >= 0.3 is 0 Å². The van der Waals surface area contributed by atoms with Gasteiger partial charge in [0.15, 0.2) is 11.5 Å². The van der Waals surface area contributed by atoms with E-state index in [0.29, 0.717) is 24.5 Å². The number of hydrogen-bond donors (Lipinski definition) is 2. The van der Waals surface area contributed by atoms with E-state index in [2.05, 4.69) is 4.84 Å². The Hall–Kier alpha value is -1.46. The highest BCUT2D eigenvalue weighted by atomic mass is 16.6. The van der Waals surface area contributed by atoms with Crippen molar-refractivity contribution in [3.8, 4) is 17.2 Å². The predicted molar refractivity (Wildman–Crippen MR) is 55.1 cm³/mol. The molecule has 0 unspecified atom stereocenters. The van der Waals surface area contributed by atoms with Crippen LogP contribution in [0.15, 0.2) is 12.1 Å². The topological polar surface area (TPSA) is 73.9 Å². The zero-order valence-corrected chi connectivity index (χ0v) is 8.82. The second kappa shape index (κ2) is 5.43. The number of ether oxygens (including phenoxy) is 2. The van der Waals surface area contributed by atoms with E-state index in [1.165, 1.54) is 14.2 Å². The van der Waals surface area contributed by atoms with Crippen molar-refractivity contribution in [3.63, 3.8) is 0 Å². The van der Waals surface area contributed by atoms with E-state index < -0.39 is 0 Å². The second-order valence-electron chi connectivity index (χ2n) is 2.97. The lowest BCUT2D eigenvalue weighted by molar-refractivity contribution is 0.141. The molecule has 1 aromatic rings. The molecule has 0 amide bonds. The van der Waals surface area contributed by atoms with Crippen LogP contribution < -0.4 is 15.4 Å². The molecular formula is C10H15NO4. The molecule has 0 aliphatic rings. The predicted octanol–water partition coefficient (Wildman–Crippen LogP) is 0.842. The zero-order chi connectivity index (χ0) is 11.3. The maximum Gasteiger partial charge on any atom is 0.200 e. The number of rotatable bonds is 5. The van der Waals surface area contributed by atoms with Crippen molar-refractivity contribution >= 4 is 0 Å². The highest BCUT2D eigenvalue weighted by Crippen LogP contribution is 2.37. The van der Waals surface area contributed by atoms with Crippen molar-refractivity contribution in [2.45, 2.75) is 6.42 Å². The summed E-state index contributed by atoms with van der Waals surface area (Å²) >= 11 is 0. The molecule has 0 saturated heterocycles. The number of aromatic hydroxyl groups is 1. The van der Waals surface area contributed by atoms with E-state index >= 15 is 0 Å². The zero-order valence-electron chi connectivity index (χ0n) is 8.82. The molecule has 0 heterocycles. The molecule has 0 bridgehead atoms. The van der Waals surface area contributed by atoms with Gasteiger partial charge < -0.3 is 19.4 Å². The van der Waals surface area contributed by atoms with Crippen LogP contribution in [0.2, 0.25) is 0 Å². The summed E-state index contributed by atoms with van der Waals surface area (Å²) in [5, 5.41) is 9.63. The Balaban J connectivity index is 2.98. The fourth-order valence-corrected chi connectivity index (χ4v) is 1.27. The smallest absolute Gasteiger partial charge is 0.200 e. The Morgan fingerprint density at radius 1 is 1.20 bits per heavy atom. The number of benzene rings is 1. The van der Waals surface area contributed by atoms with Crippen molar-refractivity contribution in [2.75, 3.05) is 20.8 Å². The second-order valence-corrected chi connectivity index (χ2v) is 2.97. The van der Waals surface area contributed by atoms with Gasteiger partial charge in [0.05, 0.1) is 20.8 Å². The lowest BCUT2D eigenvalue weighted by atomic mass is 10.1. The Labute approximate surface area is 88.3 Å². The Bertz CT molecular complexity index is 302. The van der Waals surface area contributed by atoms with Gasteiger partial charge in [-0.15, -0.1) is 0 Å². The average Bonchev–Trinajstić information content (AvgIpc) is 2.27. The van der Waals surface area contributed by atoms with Gasteiger partial charge in [0.25, 0.3) is 0 Å². The molecule has 0 aliphatic carbocycles. The number of nitrogens with two attached hydrogens (primary N) is 1. The Morgan fingerprint density at radius 2 is 1.73 bits per heavy atom. The van der Waals surface area contributed by atoms with Crippen LogP contribution in [-0.4, -0.2) is 25.9 Å². The molecule has 3 N–H and O–H groups in total. The summed E-state index contributed by atoms with van der Waals surface area (Å²) in [7, 11) is 2.97. The average molecular weight is 213 g/mol. The molecule has 0 atom stereocenters. The first-order valence-corrected chi connectivity index (χ1v) is 4.48. The van der Waals surface area contributed by atoms with Gasteiger partial charge in [-0.25, -0.2) is 5.90 Å². The third kappa shape index (κ3) is 2.74. The van der Waals surface area contributed by atoms with Crippen molar-refractivity contribution in [1.29, 1.82) is 0 Å². The van der Waals surface area contributed by atoms with E-state index in [1.54, 1.807) is 12.1 Å². The molecule has 0 saturated carbocycles. The van der Waals surface area contributed by atoms with Crippen LogP contribution in [0.3, 0.4) is 0 Å². The standard InChI is InChI=1S/C10H15NO4/c1-13-8-5-7(3-4-15-11)6-9(14-2)10(8)12/h5-6,12H,3-4,11H2,1-2H3. The molecule has 1 aromatic carbocycles. The Morgan fingerprint density at radius 3 is 2.13 bits per heavy atom. The molecule has 0 aromatic heterocycles. The maximum absolute atomic E-state index is 9.63. The van der Waals surface area contributed by atoms with E-state index in [1.807, 2.05) is 0 Å². The lowest BCUT2D eigenvalue weighted by Gasteiger charge is -2.10. The van der Waals surface area contributed by atoms with Crippen LogP contribution in [0.5, 0.6) is 17.2 Å². The number of hydrogen-bond acceptors (Lipinski definition) is 5. The number of methoxy groups -OCH3 is 2. The van der Waals surface area contributed by atoms with Gasteiger partial charge in [-0.2, -0.15) is 0 Å². The fraction of sp³-hybridized carbons (Fsp3) is 0.400. The summed E-state index contributed by atoms with van der Waals surface area (Å²) in [4.78, 5) is 4.48. The first-order chi connectivity index (χ1) is 7.22. The highest BCUT2D eigenvalue weighted by Gasteiger charge is 2.10. The van der Waals surface area contributed by atoms with Gasteiger partial charge in [0.1, 0.15) is 0 Å². The van der Waals surface area contributed by atoms with E-state index in [9.17, 15) is 5.11 Å². The quantitative estimate of drug-likeness (QED) is 0.709. The van der Waals surface area contributed by atoms with Crippen LogP contribution in [0.25, 0.3) is 0 Å². The molecule has 5 heteroatoms. The largest absolute Gasteiger partial charge is 0.502 e. The van der Waals surface area contributed by atoms with E-state index in [4.69, 9.17) is 15.4 Å². The molecule has 84 valence electrons. The molecule has 5 nitrogen and oxygen atoms in total. The van der Waals surface area contributed by atoms with Gasteiger partial charge in [0, 0.05) is 0 Å². The molecule has 0 fully saturated rings. The van der Waals surface area contributed by atoms with Crippen LogP contribution in [0, 0.1) is 0 Å². The first kappa shape index (κ1) is 11.6. The summed E-state index contributed by atoms with van der Waals surface area (Å²) < 4.78 is 10.0. The summed E-state index contributed by atoms with van der Waals surface area (Å²) in [6.07, 6.45) is 0.628. The molecular weight excluding hydrogens is 198 g/mol. The summed E-state index contributed by atoms with van der Waals surface area (Å²) in [6, 6.07) is 3.44. The lowest BCUT2D eigenvalue weighted by Crippen LogP contribution is -2.04. The van der Waals surface area contributed by atoms with Gasteiger partial charge in [-0.3, -0.25) is 0 Å². The van der Waals surface area contributed by atoms with Crippen LogP contribution >= 0.6 is 0 Å². The SMILES string of the molecule is COc1cc(CCON)cc(OC)c1O. The highest BCUT2D eigenvalue weighted by molar-refractivity contribution is 5.52. The Kier molecular flexibility index (Phi) is 4.20. The normalized spacial score (nSPS) is 10.1. The molecule has 0 radical (unpaired) electrons. The van der Waals surface area contributed by atoms with Crippen molar-refractivity contribution < 1.29 is 19.4 Å². The molecule has 0 spiro atoms. The third-order valence-electron chi connectivity index (χ3n) is 2.05. The van der Waals surface area contributed by atoms with Crippen LogP contribution in [0.1, 0.15) is 5.56 Å². The number of phenolic OH excluding ortho intramolecular Hbond substituents is 1. The van der Waals surface area contributed by atoms with Crippen LogP contribution in [-0.2, 0) is 11.3 Å². The van der Waals surface area contributed by atoms with Crippen LogP contribution in [0.4, 0.5) is 0 Å². The van der Waals surface area contributed by atoms with E-state index in [-0.39, 0.29) is 5.75 Å². The maximum atomic E-state index is 9.63. The molecule has 15 heavy (non-hydrogen) atoms. The minimum absolute atomic E-state index is 0.00239. The van der Waals surface area contributed by atoms with Crippen molar-refractivity contribution in [2.24, 2.45) is 5.90 Å². The van der Waals surface area contributed by atoms with Crippen molar-refractivity contribution in [1.82, 2.24) is 0 Å². The molecule has 1 rings (SSSR count). The van der Waals surface area contributed by atoms with Crippen molar-refractivity contribution in [3.05, 3.63) is 17.7 Å². The fourth-order valence-electron chi connectivity index (χ4n) is 1.27. The summed E-state index contributed by atoms with van der Waals surface area (Å²) in [6.45, 7) is 0.400.